The third kappa shape index (κ3) is 9.50. The van der Waals surface area contributed by atoms with E-state index in [-0.39, 0.29) is 29.3 Å². The van der Waals surface area contributed by atoms with Crippen molar-refractivity contribution >= 4 is 27.5 Å². The van der Waals surface area contributed by atoms with Gasteiger partial charge in [0.25, 0.3) is 10.0 Å². The SMILES string of the molecule is CCCNC(=O)[C@H](Cc1ccccc1)N(Cc1ccc(F)cc1)C(=O)CN(c1ccc(OCC)cc1)S(=O)(=O)c1ccc(OC)c(OC)c1. The summed E-state index contributed by atoms with van der Waals surface area (Å²) in [6.45, 7) is 3.81. The molecular weight excluding hydrogens is 649 g/mol. The Bertz CT molecular complexity index is 1790. The van der Waals surface area contributed by atoms with E-state index < -0.39 is 40.2 Å². The molecule has 4 rings (SSSR count). The summed E-state index contributed by atoms with van der Waals surface area (Å²) in [4.78, 5) is 29.6. The van der Waals surface area contributed by atoms with E-state index in [0.717, 1.165) is 9.87 Å². The van der Waals surface area contributed by atoms with Crippen LogP contribution in [0.25, 0.3) is 0 Å². The fourth-order valence-electron chi connectivity index (χ4n) is 5.21. The molecule has 0 aliphatic heterocycles. The van der Waals surface area contributed by atoms with Crippen molar-refractivity contribution in [2.75, 3.05) is 38.2 Å². The van der Waals surface area contributed by atoms with Crippen LogP contribution in [0.1, 0.15) is 31.4 Å². The van der Waals surface area contributed by atoms with Crippen molar-refractivity contribution < 1.29 is 36.6 Å². The normalized spacial score (nSPS) is 11.7. The molecule has 0 fully saturated rings. The van der Waals surface area contributed by atoms with E-state index in [2.05, 4.69) is 5.32 Å². The van der Waals surface area contributed by atoms with Crippen molar-refractivity contribution in [3.63, 3.8) is 0 Å². The molecule has 0 saturated carbocycles. The van der Waals surface area contributed by atoms with Gasteiger partial charge < -0.3 is 24.4 Å². The molecule has 49 heavy (non-hydrogen) atoms. The van der Waals surface area contributed by atoms with Crippen LogP contribution in [0.15, 0.2) is 102 Å². The Kier molecular flexibility index (Phi) is 13.0. The standard InChI is InChI=1S/C37H42FN3O7S/c1-5-22-39-37(43)33(23-27-10-8-7-9-11-27)40(25-28-12-14-29(38)15-13-28)36(42)26-41(30-16-18-31(19-17-30)48-6-2)49(44,45)32-20-21-34(46-3)35(24-32)47-4/h7-21,24,33H,5-6,22-23,25-26H2,1-4H3,(H,39,43)/t33-/m0/s1. The van der Waals surface area contributed by atoms with Gasteiger partial charge in [-0.3, -0.25) is 13.9 Å². The van der Waals surface area contributed by atoms with Gasteiger partial charge in [0.1, 0.15) is 24.2 Å². The monoisotopic (exact) mass is 691 g/mol. The Morgan fingerprint density at radius 2 is 1.51 bits per heavy atom. The summed E-state index contributed by atoms with van der Waals surface area (Å²) in [6, 6.07) is 24.3. The molecule has 0 spiro atoms. The van der Waals surface area contributed by atoms with Gasteiger partial charge in [-0.25, -0.2) is 12.8 Å². The van der Waals surface area contributed by atoms with E-state index in [4.69, 9.17) is 14.2 Å². The number of halogens is 1. The van der Waals surface area contributed by atoms with Gasteiger partial charge in [-0.1, -0.05) is 49.4 Å². The predicted molar refractivity (Wildman–Crippen MR) is 186 cm³/mol. The number of hydrogen-bond donors (Lipinski definition) is 1. The van der Waals surface area contributed by atoms with Crippen LogP contribution in [-0.2, 0) is 32.6 Å². The number of nitrogens with zero attached hydrogens (tertiary/aromatic N) is 2. The smallest absolute Gasteiger partial charge is 0.264 e. The van der Waals surface area contributed by atoms with Crippen molar-refractivity contribution in [2.24, 2.45) is 0 Å². The minimum Gasteiger partial charge on any atom is -0.494 e. The van der Waals surface area contributed by atoms with Crippen molar-refractivity contribution in [1.82, 2.24) is 10.2 Å². The van der Waals surface area contributed by atoms with Gasteiger partial charge >= 0.3 is 0 Å². The van der Waals surface area contributed by atoms with E-state index in [9.17, 15) is 22.4 Å². The highest BCUT2D eigenvalue weighted by atomic mass is 32.2. The van der Waals surface area contributed by atoms with Crippen LogP contribution < -0.4 is 23.8 Å². The summed E-state index contributed by atoms with van der Waals surface area (Å²) >= 11 is 0. The van der Waals surface area contributed by atoms with Crippen LogP contribution in [0.4, 0.5) is 10.1 Å². The maximum atomic E-state index is 14.6. The average Bonchev–Trinajstić information content (AvgIpc) is 3.12. The fourth-order valence-corrected chi connectivity index (χ4v) is 6.64. The molecule has 1 atom stereocenters. The zero-order chi connectivity index (χ0) is 35.4. The van der Waals surface area contributed by atoms with Gasteiger partial charge in [0.15, 0.2) is 11.5 Å². The number of sulfonamides is 1. The number of methoxy groups -OCH3 is 2. The highest BCUT2D eigenvalue weighted by Crippen LogP contribution is 2.33. The Labute approximate surface area is 287 Å². The first-order valence-electron chi connectivity index (χ1n) is 15.9. The van der Waals surface area contributed by atoms with E-state index in [1.807, 2.05) is 44.2 Å². The Balaban J connectivity index is 1.82. The van der Waals surface area contributed by atoms with Crippen LogP contribution in [0.5, 0.6) is 17.2 Å². The molecule has 10 nitrogen and oxygen atoms in total. The first-order valence-corrected chi connectivity index (χ1v) is 17.4. The molecule has 0 heterocycles. The predicted octanol–water partition coefficient (Wildman–Crippen LogP) is 5.60. The van der Waals surface area contributed by atoms with Crippen molar-refractivity contribution in [3.05, 3.63) is 114 Å². The fraction of sp³-hybridized carbons (Fsp3) is 0.297. The average molecular weight is 692 g/mol. The Morgan fingerprint density at radius 1 is 0.837 bits per heavy atom. The lowest BCUT2D eigenvalue weighted by molar-refractivity contribution is -0.140. The molecule has 4 aromatic rings. The van der Waals surface area contributed by atoms with Gasteiger partial charge in [0.2, 0.25) is 11.8 Å². The molecule has 0 aromatic heterocycles. The zero-order valence-corrected chi connectivity index (χ0v) is 28.9. The number of amides is 2. The number of carbonyl (C=O) groups excluding carboxylic acids is 2. The summed E-state index contributed by atoms with van der Waals surface area (Å²) in [7, 11) is -1.57. The second-order valence-electron chi connectivity index (χ2n) is 11.1. The molecule has 0 radical (unpaired) electrons. The number of rotatable bonds is 17. The van der Waals surface area contributed by atoms with Gasteiger partial charge in [-0.15, -0.1) is 0 Å². The number of hydrogen-bond acceptors (Lipinski definition) is 7. The molecule has 0 aliphatic carbocycles. The number of ether oxygens (including phenoxy) is 3. The second kappa shape index (κ2) is 17.3. The highest BCUT2D eigenvalue weighted by Gasteiger charge is 2.35. The van der Waals surface area contributed by atoms with Gasteiger partial charge in [-0.05, 0) is 73.0 Å². The largest absolute Gasteiger partial charge is 0.494 e. The first kappa shape index (κ1) is 36.7. The zero-order valence-electron chi connectivity index (χ0n) is 28.1. The van der Waals surface area contributed by atoms with Crippen molar-refractivity contribution in [1.29, 1.82) is 0 Å². The van der Waals surface area contributed by atoms with Gasteiger partial charge in [-0.2, -0.15) is 0 Å². The summed E-state index contributed by atoms with van der Waals surface area (Å²) in [6.07, 6.45) is 0.833. The van der Waals surface area contributed by atoms with E-state index >= 15 is 0 Å². The van der Waals surface area contributed by atoms with Gasteiger partial charge in [0.05, 0.1) is 31.4 Å². The first-order chi connectivity index (χ1) is 23.6. The van der Waals surface area contributed by atoms with Crippen LogP contribution >= 0.6 is 0 Å². The minimum absolute atomic E-state index is 0.0797. The van der Waals surface area contributed by atoms with Crippen molar-refractivity contribution in [3.8, 4) is 17.2 Å². The number of carbonyl (C=O) groups is 2. The molecule has 0 bridgehead atoms. The molecule has 260 valence electrons. The van der Waals surface area contributed by atoms with Crippen LogP contribution in [0.3, 0.4) is 0 Å². The Morgan fingerprint density at radius 3 is 2.12 bits per heavy atom. The van der Waals surface area contributed by atoms with Crippen LogP contribution in [0, 0.1) is 5.82 Å². The third-order valence-corrected chi connectivity index (χ3v) is 9.51. The number of nitrogens with one attached hydrogen (secondary N) is 1. The summed E-state index contributed by atoms with van der Waals surface area (Å²) in [5, 5.41) is 2.90. The topological polar surface area (TPSA) is 114 Å². The molecule has 0 unspecified atom stereocenters. The molecule has 1 N–H and O–H groups in total. The second-order valence-corrected chi connectivity index (χ2v) is 13.0. The molecule has 0 saturated heterocycles. The summed E-state index contributed by atoms with van der Waals surface area (Å²) < 4.78 is 59.9. The number of anilines is 1. The van der Waals surface area contributed by atoms with Gasteiger partial charge in [0, 0.05) is 25.6 Å². The van der Waals surface area contributed by atoms with E-state index in [1.165, 1.54) is 61.6 Å². The van der Waals surface area contributed by atoms with Crippen LogP contribution in [-0.4, -0.2) is 65.1 Å². The van der Waals surface area contributed by atoms with Crippen molar-refractivity contribution in [2.45, 2.75) is 44.2 Å². The third-order valence-electron chi connectivity index (χ3n) is 7.74. The maximum Gasteiger partial charge on any atom is 0.264 e. The quantitative estimate of drug-likeness (QED) is 0.153. The Hall–Kier alpha value is -5.10. The lowest BCUT2D eigenvalue weighted by Crippen LogP contribution is -2.53. The molecule has 12 heteroatoms. The maximum absolute atomic E-state index is 14.6. The minimum atomic E-state index is -4.40. The molecule has 4 aromatic carbocycles. The molecule has 0 aliphatic rings. The highest BCUT2D eigenvalue weighted by molar-refractivity contribution is 7.92. The van der Waals surface area contributed by atoms with E-state index in [1.54, 1.807) is 24.3 Å². The summed E-state index contributed by atoms with van der Waals surface area (Å²) in [5.41, 5.74) is 1.56. The van der Waals surface area contributed by atoms with Crippen LogP contribution in [0.2, 0.25) is 0 Å². The summed E-state index contributed by atoms with van der Waals surface area (Å²) in [5.74, 6) is -0.445. The molecular formula is C37H42FN3O7S. The lowest BCUT2D eigenvalue weighted by Gasteiger charge is -2.34. The van der Waals surface area contributed by atoms with E-state index in [0.29, 0.717) is 36.6 Å². The lowest BCUT2D eigenvalue weighted by atomic mass is 10.0. The number of benzene rings is 4. The molecule has 2 amide bonds.